The number of alkyl halides is 1. The summed E-state index contributed by atoms with van der Waals surface area (Å²) < 4.78 is 0. The van der Waals surface area contributed by atoms with Crippen molar-refractivity contribution in [1.29, 1.82) is 0 Å². The van der Waals surface area contributed by atoms with E-state index in [4.69, 9.17) is 11.6 Å². The van der Waals surface area contributed by atoms with Gasteiger partial charge in [-0.3, -0.25) is 4.79 Å². The van der Waals surface area contributed by atoms with Crippen molar-refractivity contribution in [1.82, 2.24) is 0 Å². The SMILES string of the molecule is O=C1C2=C(CCC=C2)CC1Cl. The Labute approximate surface area is 70.7 Å². The fourth-order valence-corrected chi connectivity index (χ4v) is 1.96. The maximum absolute atomic E-state index is 11.3. The van der Waals surface area contributed by atoms with E-state index in [-0.39, 0.29) is 11.2 Å². The minimum Gasteiger partial charge on any atom is -0.292 e. The van der Waals surface area contributed by atoms with Crippen molar-refractivity contribution in [2.45, 2.75) is 24.6 Å². The van der Waals surface area contributed by atoms with Crippen LogP contribution in [0.25, 0.3) is 0 Å². The normalized spacial score (nSPS) is 29.5. The summed E-state index contributed by atoms with van der Waals surface area (Å²) in [5, 5.41) is -0.275. The highest BCUT2D eigenvalue weighted by Gasteiger charge is 2.30. The number of carbonyl (C=O) groups is 1. The summed E-state index contributed by atoms with van der Waals surface area (Å²) in [6, 6.07) is 0. The Kier molecular flexibility index (Phi) is 1.61. The van der Waals surface area contributed by atoms with Crippen LogP contribution in [0.2, 0.25) is 0 Å². The first-order valence-electron chi connectivity index (χ1n) is 3.86. The third-order valence-electron chi connectivity index (χ3n) is 2.25. The molecule has 0 bridgehead atoms. The van der Waals surface area contributed by atoms with Gasteiger partial charge in [0.05, 0.1) is 0 Å². The van der Waals surface area contributed by atoms with E-state index in [1.165, 1.54) is 5.57 Å². The number of rotatable bonds is 0. The van der Waals surface area contributed by atoms with Gasteiger partial charge < -0.3 is 0 Å². The summed E-state index contributed by atoms with van der Waals surface area (Å²) in [6.45, 7) is 0. The molecule has 0 saturated carbocycles. The fraction of sp³-hybridized carbons (Fsp3) is 0.444. The number of hydrogen-bond acceptors (Lipinski definition) is 1. The summed E-state index contributed by atoms with van der Waals surface area (Å²) in [5.74, 6) is 0.123. The lowest BCUT2D eigenvalue weighted by Crippen LogP contribution is -2.07. The minimum absolute atomic E-state index is 0.123. The molecule has 2 rings (SSSR count). The second kappa shape index (κ2) is 2.49. The van der Waals surface area contributed by atoms with Crippen LogP contribution in [0, 0.1) is 0 Å². The van der Waals surface area contributed by atoms with Gasteiger partial charge in [-0.15, -0.1) is 11.6 Å². The van der Waals surface area contributed by atoms with E-state index in [1.54, 1.807) is 0 Å². The Morgan fingerprint density at radius 2 is 2.36 bits per heavy atom. The Morgan fingerprint density at radius 1 is 1.55 bits per heavy atom. The molecule has 0 fully saturated rings. The number of ketones is 1. The molecule has 2 heteroatoms. The van der Waals surface area contributed by atoms with Crippen LogP contribution in [0.4, 0.5) is 0 Å². The smallest absolute Gasteiger partial charge is 0.180 e. The highest BCUT2D eigenvalue weighted by molar-refractivity contribution is 6.35. The molecule has 0 saturated heterocycles. The third kappa shape index (κ3) is 1.04. The van der Waals surface area contributed by atoms with Gasteiger partial charge in [-0.2, -0.15) is 0 Å². The van der Waals surface area contributed by atoms with Crippen molar-refractivity contribution in [3.8, 4) is 0 Å². The molecule has 2 aliphatic rings. The molecule has 0 radical (unpaired) electrons. The maximum Gasteiger partial charge on any atom is 0.180 e. The molecule has 0 spiro atoms. The van der Waals surface area contributed by atoms with Crippen molar-refractivity contribution in [3.63, 3.8) is 0 Å². The average Bonchev–Trinajstić information content (AvgIpc) is 2.30. The second-order valence-electron chi connectivity index (χ2n) is 2.99. The van der Waals surface area contributed by atoms with Crippen LogP contribution in [-0.4, -0.2) is 11.2 Å². The Morgan fingerprint density at radius 3 is 3.09 bits per heavy atom. The number of hydrogen-bond donors (Lipinski definition) is 0. The zero-order chi connectivity index (χ0) is 7.84. The first kappa shape index (κ1) is 7.11. The fourth-order valence-electron chi connectivity index (χ4n) is 1.66. The molecule has 0 aromatic rings. The molecule has 0 aliphatic heterocycles. The lowest BCUT2D eigenvalue weighted by molar-refractivity contribution is -0.114. The minimum atomic E-state index is -0.275. The van der Waals surface area contributed by atoms with E-state index >= 15 is 0 Å². The van der Waals surface area contributed by atoms with Crippen LogP contribution in [0.5, 0.6) is 0 Å². The first-order chi connectivity index (χ1) is 5.29. The molecule has 0 aromatic carbocycles. The van der Waals surface area contributed by atoms with Gasteiger partial charge in [0.1, 0.15) is 5.38 Å². The lowest BCUT2D eigenvalue weighted by atomic mass is 10.0. The summed E-state index contributed by atoms with van der Waals surface area (Å²) in [5.41, 5.74) is 2.15. The van der Waals surface area contributed by atoms with Crippen molar-refractivity contribution < 1.29 is 4.79 Å². The quantitative estimate of drug-likeness (QED) is 0.507. The van der Waals surface area contributed by atoms with Gasteiger partial charge in [-0.25, -0.2) is 0 Å². The molecule has 11 heavy (non-hydrogen) atoms. The molecule has 0 heterocycles. The second-order valence-corrected chi connectivity index (χ2v) is 3.52. The summed E-state index contributed by atoms with van der Waals surface area (Å²) in [4.78, 5) is 11.3. The van der Waals surface area contributed by atoms with E-state index in [9.17, 15) is 4.79 Å². The van der Waals surface area contributed by atoms with Gasteiger partial charge in [-0.1, -0.05) is 17.7 Å². The molecule has 1 nitrogen and oxygen atoms in total. The number of halogens is 1. The zero-order valence-electron chi connectivity index (χ0n) is 6.14. The number of Topliss-reactive ketones (excluding diaryl/α,β-unsaturated/α-hetero) is 1. The summed E-state index contributed by atoms with van der Waals surface area (Å²) in [6.07, 6.45) is 6.84. The van der Waals surface area contributed by atoms with Gasteiger partial charge >= 0.3 is 0 Å². The van der Waals surface area contributed by atoms with E-state index in [0.29, 0.717) is 0 Å². The number of carbonyl (C=O) groups excluding carboxylic acids is 1. The van der Waals surface area contributed by atoms with E-state index < -0.39 is 0 Å². The average molecular weight is 169 g/mol. The van der Waals surface area contributed by atoms with Crippen molar-refractivity contribution in [3.05, 3.63) is 23.3 Å². The Bertz CT molecular complexity index is 263. The summed E-state index contributed by atoms with van der Waals surface area (Å²) in [7, 11) is 0. The van der Waals surface area contributed by atoms with Crippen LogP contribution >= 0.6 is 11.6 Å². The van der Waals surface area contributed by atoms with Gasteiger partial charge in [0, 0.05) is 5.57 Å². The van der Waals surface area contributed by atoms with E-state index in [2.05, 4.69) is 0 Å². The van der Waals surface area contributed by atoms with Crippen LogP contribution < -0.4 is 0 Å². The largest absolute Gasteiger partial charge is 0.292 e. The molecule has 0 aromatic heterocycles. The Hall–Kier alpha value is -0.560. The van der Waals surface area contributed by atoms with Crippen LogP contribution in [0.3, 0.4) is 0 Å². The van der Waals surface area contributed by atoms with E-state index in [0.717, 1.165) is 24.8 Å². The molecule has 58 valence electrons. The lowest BCUT2D eigenvalue weighted by Gasteiger charge is -2.04. The standard InChI is InChI=1S/C9H9ClO/c10-8-5-6-3-1-2-4-7(6)9(8)11/h2,4,8H,1,3,5H2. The van der Waals surface area contributed by atoms with Crippen LogP contribution in [-0.2, 0) is 4.79 Å². The van der Waals surface area contributed by atoms with Crippen LogP contribution in [0.1, 0.15) is 19.3 Å². The molecule has 0 amide bonds. The van der Waals surface area contributed by atoms with Crippen molar-refractivity contribution in [2.24, 2.45) is 0 Å². The third-order valence-corrected chi connectivity index (χ3v) is 2.61. The molecular formula is C9H9ClO. The maximum atomic E-state index is 11.3. The monoisotopic (exact) mass is 168 g/mol. The molecular weight excluding hydrogens is 160 g/mol. The van der Waals surface area contributed by atoms with Gasteiger partial charge in [0.2, 0.25) is 0 Å². The summed E-state index contributed by atoms with van der Waals surface area (Å²) >= 11 is 5.81. The topological polar surface area (TPSA) is 17.1 Å². The zero-order valence-corrected chi connectivity index (χ0v) is 6.90. The van der Waals surface area contributed by atoms with Gasteiger partial charge in [-0.05, 0) is 19.3 Å². The highest BCUT2D eigenvalue weighted by Crippen LogP contribution is 2.33. The number of allylic oxidation sites excluding steroid dienone is 4. The van der Waals surface area contributed by atoms with Crippen molar-refractivity contribution >= 4 is 17.4 Å². The van der Waals surface area contributed by atoms with Gasteiger partial charge in [0.15, 0.2) is 5.78 Å². The molecule has 1 atom stereocenters. The molecule has 2 aliphatic carbocycles. The van der Waals surface area contributed by atoms with Gasteiger partial charge in [0.25, 0.3) is 0 Å². The first-order valence-corrected chi connectivity index (χ1v) is 4.29. The predicted molar refractivity (Wildman–Crippen MR) is 44.7 cm³/mol. The van der Waals surface area contributed by atoms with Crippen LogP contribution in [0.15, 0.2) is 23.3 Å². The predicted octanol–water partition coefficient (Wildman–Crippen LogP) is 2.21. The van der Waals surface area contributed by atoms with E-state index in [1.807, 2.05) is 12.2 Å². The molecule has 0 N–H and O–H groups in total. The molecule has 1 unspecified atom stereocenters. The highest BCUT2D eigenvalue weighted by atomic mass is 35.5. The Balaban J connectivity index is 2.35. The van der Waals surface area contributed by atoms with Crippen molar-refractivity contribution in [2.75, 3.05) is 0 Å².